The molecular formula is C20H29N3O5S. The Labute approximate surface area is 175 Å². The Kier molecular flexibility index (Phi) is 9.41. The molecule has 0 aromatic heterocycles. The van der Waals surface area contributed by atoms with Crippen LogP contribution in [-0.4, -0.2) is 64.5 Å². The second-order valence-electron chi connectivity index (χ2n) is 7.08. The highest BCUT2D eigenvalue weighted by Crippen LogP contribution is 2.38. The van der Waals surface area contributed by atoms with Crippen molar-refractivity contribution < 1.29 is 23.9 Å². The van der Waals surface area contributed by atoms with Gasteiger partial charge in [-0.2, -0.15) is 4.99 Å². The molecule has 0 aromatic rings. The van der Waals surface area contributed by atoms with E-state index in [1.54, 1.807) is 6.92 Å². The fraction of sp³-hybridized carbons (Fsp3) is 0.700. The van der Waals surface area contributed by atoms with E-state index in [1.807, 2.05) is 4.90 Å². The third kappa shape index (κ3) is 6.44. The maximum atomic E-state index is 12.3. The van der Waals surface area contributed by atoms with Crippen molar-refractivity contribution in [2.24, 2.45) is 4.99 Å². The predicted octanol–water partition coefficient (Wildman–Crippen LogP) is 3.23. The van der Waals surface area contributed by atoms with Gasteiger partial charge in [-0.25, -0.2) is 14.5 Å². The van der Waals surface area contributed by atoms with Gasteiger partial charge in [0.05, 0.1) is 18.0 Å². The average molecular weight is 424 g/mol. The van der Waals surface area contributed by atoms with Gasteiger partial charge in [-0.3, -0.25) is 9.59 Å². The molecule has 0 aliphatic carbocycles. The molecule has 0 bridgehead atoms. The summed E-state index contributed by atoms with van der Waals surface area (Å²) >= 11 is 1.52. The number of aliphatic imine (C=N–C) groups is 1. The minimum absolute atomic E-state index is 0.137. The second kappa shape index (κ2) is 11.8. The molecule has 0 saturated carbocycles. The lowest BCUT2D eigenvalue weighted by Gasteiger charge is -2.27. The Bertz CT molecular complexity index is 696. The molecule has 2 heterocycles. The van der Waals surface area contributed by atoms with Gasteiger partial charge in [-0.1, -0.05) is 6.42 Å². The maximum Gasteiger partial charge on any atom is 0.421 e. The van der Waals surface area contributed by atoms with Crippen LogP contribution in [-0.2, 0) is 19.1 Å². The van der Waals surface area contributed by atoms with Gasteiger partial charge in [-0.05, 0) is 39.0 Å². The number of piperidine rings is 1. The number of likely N-dealkylation sites (tertiary alicyclic amines) is 1. The van der Waals surface area contributed by atoms with Crippen molar-refractivity contribution in [3.05, 3.63) is 11.4 Å². The molecule has 160 valence electrons. The Balaban J connectivity index is 1.99. The van der Waals surface area contributed by atoms with E-state index in [2.05, 4.69) is 4.99 Å². The SMILES string of the molecule is CCOC(=O)N(C(C)=O)C1=C(N=C=O)CSC1CCCCC(=O)N1CCCCC1. The van der Waals surface area contributed by atoms with Gasteiger partial charge in [-0.15, -0.1) is 11.8 Å². The molecule has 0 spiro atoms. The Morgan fingerprint density at radius 2 is 1.97 bits per heavy atom. The van der Waals surface area contributed by atoms with Crippen LogP contribution < -0.4 is 0 Å². The highest BCUT2D eigenvalue weighted by Gasteiger charge is 2.36. The van der Waals surface area contributed by atoms with Crippen LogP contribution in [0.3, 0.4) is 0 Å². The standard InChI is InChI=1S/C20H29N3O5S/c1-3-28-20(27)23(15(2)25)19-16(21-14-24)13-29-17(19)9-5-6-10-18(26)22-11-7-4-8-12-22/h17H,3-13H2,1-2H3. The van der Waals surface area contributed by atoms with Crippen LogP contribution in [0.5, 0.6) is 0 Å². The number of imide groups is 1. The molecule has 1 saturated heterocycles. The zero-order valence-electron chi connectivity index (χ0n) is 17.1. The third-order valence-corrected chi connectivity index (χ3v) is 6.33. The van der Waals surface area contributed by atoms with Crippen LogP contribution in [0.4, 0.5) is 4.79 Å². The summed E-state index contributed by atoms with van der Waals surface area (Å²) in [5.74, 6) is 0.137. The van der Waals surface area contributed by atoms with Crippen LogP contribution in [0, 0.1) is 0 Å². The number of nitrogens with zero attached hydrogens (tertiary/aromatic N) is 3. The zero-order chi connectivity index (χ0) is 21.2. The third-order valence-electron chi connectivity index (χ3n) is 5.02. The quantitative estimate of drug-likeness (QED) is 0.338. The molecule has 8 nitrogen and oxygen atoms in total. The molecule has 0 radical (unpaired) electrons. The van der Waals surface area contributed by atoms with Gasteiger partial charge in [0.15, 0.2) is 0 Å². The van der Waals surface area contributed by atoms with E-state index >= 15 is 0 Å². The summed E-state index contributed by atoms with van der Waals surface area (Å²) in [5.41, 5.74) is 0.786. The highest BCUT2D eigenvalue weighted by molar-refractivity contribution is 8.00. The summed E-state index contributed by atoms with van der Waals surface area (Å²) in [6, 6.07) is 0. The number of hydrogen-bond donors (Lipinski definition) is 0. The molecule has 1 atom stereocenters. The number of carbonyl (C=O) groups is 3. The van der Waals surface area contributed by atoms with Crippen molar-refractivity contribution in [1.82, 2.24) is 9.80 Å². The first-order valence-corrected chi connectivity index (χ1v) is 11.2. The number of rotatable bonds is 8. The minimum atomic E-state index is -0.763. The molecule has 29 heavy (non-hydrogen) atoms. The van der Waals surface area contributed by atoms with E-state index < -0.39 is 12.0 Å². The van der Waals surface area contributed by atoms with Crippen molar-refractivity contribution in [2.75, 3.05) is 25.4 Å². The number of unbranched alkanes of at least 4 members (excludes halogenated alkanes) is 1. The Morgan fingerprint density at radius 3 is 2.59 bits per heavy atom. The van der Waals surface area contributed by atoms with Crippen molar-refractivity contribution in [3.63, 3.8) is 0 Å². The van der Waals surface area contributed by atoms with Crippen molar-refractivity contribution >= 4 is 35.7 Å². The average Bonchev–Trinajstić information content (AvgIpc) is 3.08. The first-order valence-electron chi connectivity index (χ1n) is 10.2. The molecule has 3 amide bonds. The first kappa shape index (κ1) is 23.2. The highest BCUT2D eigenvalue weighted by atomic mass is 32.2. The number of amides is 3. The lowest BCUT2D eigenvalue weighted by atomic mass is 10.1. The molecular weight excluding hydrogens is 394 g/mol. The van der Waals surface area contributed by atoms with Crippen molar-refractivity contribution in [1.29, 1.82) is 0 Å². The van der Waals surface area contributed by atoms with Crippen molar-refractivity contribution in [2.45, 2.75) is 64.0 Å². The van der Waals surface area contributed by atoms with Crippen LogP contribution >= 0.6 is 11.8 Å². The lowest BCUT2D eigenvalue weighted by molar-refractivity contribution is -0.132. The summed E-state index contributed by atoms with van der Waals surface area (Å²) in [4.78, 5) is 54.1. The smallest absolute Gasteiger partial charge is 0.421 e. The topological polar surface area (TPSA) is 96.3 Å². The largest absolute Gasteiger partial charge is 0.449 e. The van der Waals surface area contributed by atoms with E-state index in [9.17, 15) is 19.2 Å². The number of hydrogen-bond acceptors (Lipinski definition) is 7. The molecule has 9 heteroatoms. The van der Waals surface area contributed by atoms with E-state index in [4.69, 9.17) is 4.74 Å². The molecule has 0 N–H and O–H groups in total. The number of ether oxygens (including phenoxy) is 1. The Hall–Kier alpha value is -2.12. The second-order valence-corrected chi connectivity index (χ2v) is 8.27. The van der Waals surface area contributed by atoms with Crippen LogP contribution in [0.25, 0.3) is 0 Å². The summed E-state index contributed by atoms with van der Waals surface area (Å²) in [5, 5.41) is -0.166. The number of carbonyl (C=O) groups excluding carboxylic acids is 4. The fourth-order valence-electron chi connectivity index (χ4n) is 3.65. The zero-order valence-corrected chi connectivity index (χ0v) is 18.0. The maximum absolute atomic E-state index is 12.3. The van der Waals surface area contributed by atoms with Crippen molar-refractivity contribution in [3.8, 4) is 0 Å². The van der Waals surface area contributed by atoms with Gasteiger partial charge in [0.2, 0.25) is 17.9 Å². The van der Waals surface area contributed by atoms with Crippen LogP contribution in [0.1, 0.15) is 58.8 Å². The molecule has 2 rings (SSSR count). The fourth-order valence-corrected chi connectivity index (χ4v) is 4.95. The van der Waals surface area contributed by atoms with Gasteiger partial charge in [0, 0.05) is 37.4 Å². The summed E-state index contributed by atoms with van der Waals surface area (Å²) in [6.07, 6.45) is 6.78. The molecule has 1 fully saturated rings. The number of isocyanates is 1. The van der Waals surface area contributed by atoms with Crippen LogP contribution in [0.2, 0.25) is 0 Å². The first-order chi connectivity index (χ1) is 14.0. The van der Waals surface area contributed by atoms with E-state index in [-0.39, 0.29) is 17.8 Å². The predicted molar refractivity (Wildman–Crippen MR) is 110 cm³/mol. The minimum Gasteiger partial charge on any atom is -0.449 e. The van der Waals surface area contributed by atoms with Gasteiger partial charge >= 0.3 is 6.09 Å². The monoisotopic (exact) mass is 423 g/mol. The van der Waals surface area contributed by atoms with Gasteiger partial charge in [0.25, 0.3) is 0 Å². The summed E-state index contributed by atoms with van der Waals surface area (Å²) in [6.45, 7) is 4.78. The normalized spacial score (nSPS) is 19.0. The van der Waals surface area contributed by atoms with Gasteiger partial charge in [0.1, 0.15) is 0 Å². The van der Waals surface area contributed by atoms with E-state index in [0.29, 0.717) is 30.0 Å². The van der Waals surface area contributed by atoms with Crippen LogP contribution in [0.15, 0.2) is 16.4 Å². The molecule has 0 aromatic carbocycles. The number of thioether (sulfide) groups is 1. The molecule has 2 aliphatic heterocycles. The van der Waals surface area contributed by atoms with E-state index in [1.165, 1.54) is 31.2 Å². The Morgan fingerprint density at radius 1 is 1.24 bits per heavy atom. The summed E-state index contributed by atoms with van der Waals surface area (Å²) in [7, 11) is 0. The van der Waals surface area contributed by atoms with Gasteiger partial charge < -0.3 is 9.64 Å². The molecule has 2 aliphatic rings. The summed E-state index contributed by atoms with van der Waals surface area (Å²) < 4.78 is 5.01. The lowest BCUT2D eigenvalue weighted by Crippen LogP contribution is -2.38. The molecule has 1 unspecified atom stereocenters. The van der Waals surface area contributed by atoms with E-state index in [0.717, 1.165) is 43.7 Å².